The number of nitro benzene ring substituents is 1. The Bertz CT molecular complexity index is 670. The van der Waals surface area contributed by atoms with Gasteiger partial charge < -0.3 is 10.1 Å². The zero-order chi connectivity index (χ0) is 15.2. The molecule has 0 atom stereocenters. The summed E-state index contributed by atoms with van der Waals surface area (Å²) < 4.78 is 5.19. The van der Waals surface area contributed by atoms with Gasteiger partial charge in [0.25, 0.3) is 11.6 Å². The summed E-state index contributed by atoms with van der Waals surface area (Å²) >= 11 is 0. The summed E-state index contributed by atoms with van der Waals surface area (Å²) in [6, 6.07) is 12.9. The minimum atomic E-state index is -0.531. The van der Waals surface area contributed by atoms with Gasteiger partial charge in [0.2, 0.25) is 0 Å². The summed E-state index contributed by atoms with van der Waals surface area (Å²) in [5.41, 5.74) is 0.970. The molecule has 0 aliphatic rings. The molecule has 0 unspecified atom stereocenters. The number of hydrogen-bond donors (Lipinski definition) is 1. The second kappa shape index (κ2) is 6.51. The van der Waals surface area contributed by atoms with Crippen molar-refractivity contribution in [1.82, 2.24) is 5.32 Å². The number of carbonyl (C=O) groups is 1. The van der Waals surface area contributed by atoms with Crippen molar-refractivity contribution in [2.24, 2.45) is 0 Å². The maximum absolute atomic E-state index is 12.0. The Balaban J connectivity index is 2.08. The summed E-state index contributed by atoms with van der Waals surface area (Å²) in [5, 5.41) is 13.4. The van der Waals surface area contributed by atoms with Crippen LogP contribution in [0.5, 0.6) is 5.75 Å². The largest absolute Gasteiger partial charge is 0.496 e. The fraction of sp³-hybridized carbons (Fsp3) is 0.133. The highest BCUT2D eigenvalue weighted by Gasteiger charge is 2.11. The minimum Gasteiger partial charge on any atom is -0.496 e. The lowest BCUT2D eigenvalue weighted by molar-refractivity contribution is -0.384. The third kappa shape index (κ3) is 3.56. The molecule has 0 spiro atoms. The van der Waals surface area contributed by atoms with Gasteiger partial charge in [-0.15, -0.1) is 0 Å². The summed E-state index contributed by atoms with van der Waals surface area (Å²) in [6.45, 7) is 0.283. The van der Waals surface area contributed by atoms with Gasteiger partial charge in [0, 0.05) is 29.8 Å². The first-order valence-corrected chi connectivity index (χ1v) is 6.26. The van der Waals surface area contributed by atoms with Gasteiger partial charge in [0.1, 0.15) is 5.75 Å². The monoisotopic (exact) mass is 286 g/mol. The summed E-state index contributed by atoms with van der Waals surface area (Å²) in [4.78, 5) is 22.2. The van der Waals surface area contributed by atoms with E-state index >= 15 is 0 Å². The molecule has 0 aliphatic carbocycles. The number of nitrogens with one attached hydrogen (secondary N) is 1. The molecule has 2 rings (SSSR count). The van der Waals surface area contributed by atoms with E-state index in [2.05, 4.69) is 5.32 Å². The van der Waals surface area contributed by atoms with Crippen molar-refractivity contribution < 1.29 is 14.5 Å². The van der Waals surface area contributed by atoms with E-state index in [0.29, 0.717) is 5.75 Å². The lowest BCUT2D eigenvalue weighted by atomic mass is 10.1. The summed E-state index contributed by atoms with van der Waals surface area (Å²) in [5.74, 6) is 0.307. The smallest absolute Gasteiger partial charge is 0.270 e. The average Bonchev–Trinajstić information content (AvgIpc) is 2.52. The van der Waals surface area contributed by atoms with Gasteiger partial charge in [0.15, 0.2) is 0 Å². The van der Waals surface area contributed by atoms with Gasteiger partial charge >= 0.3 is 0 Å². The number of para-hydroxylation sites is 1. The molecular formula is C15H14N2O4. The number of benzene rings is 2. The van der Waals surface area contributed by atoms with Crippen LogP contribution in [0.25, 0.3) is 0 Å². The van der Waals surface area contributed by atoms with Gasteiger partial charge in [-0.2, -0.15) is 0 Å². The highest BCUT2D eigenvalue weighted by atomic mass is 16.6. The zero-order valence-corrected chi connectivity index (χ0v) is 11.4. The van der Waals surface area contributed by atoms with Crippen LogP contribution in [0.15, 0.2) is 48.5 Å². The van der Waals surface area contributed by atoms with Gasteiger partial charge in [-0.05, 0) is 12.1 Å². The lowest BCUT2D eigenvalue weighted by Crippen LogP contribution is -2.23. The topological polar surface area (TPSA) is 81.5 Å². The van der Waals surface area contributed by atoms with E-state index in [4.69, 9.17) is 4.74 Å². The molecule has 0 radical (unpaired) electrons. The Morgan fingerprint density at radius 3 is 2.71 bits per heavy atom. The molecule has 0 fully saturated rings. The number of rotatable bonds is 5. The number of methoxy groups -OCH3 is 1. The predicted octanol–water partition coefficient (Wildman–Crippen LogP) is 2.53. The number of carbonyl (C=O) groups excluding carboxylic acids is 1. The number of nitro groups is 1. The Morgan fingerprint density at radius 1 is 1.24 bits per heavy atom. The number of non-ortho nitro benzene ring substituents is 1. The SMILES string of the molecule is COc1ccccc1CNC(=O)c1cccc([N+](=O)[O-])c1. The first kappa shape index (κ1) is 14.5. The van der Waals surface area contributed by atoms with E-state index in [9.17, 15) is 14.9 Å². The number of hydrogen-bond acceptors (Lipinski definition) is 4. The fourth-order valence-corrected chi connectivity index (χ4v) is 1.89. The number of ether oxygens (including phenoxy) is 1. The van der Waals surface area contributed by atoms with Crippen LogP contribution in [-0.2, 0) is 6.54 Å². The normalized spacial score (nSPS) is 9.95. The van der Waals surface area contributed by atoms with Crippen LogP contribution in [0.2, 0.25) is 0 Å². The van der Waals surface area contributed by atoms with Gasteiger partial charge in [-0.1, -0.05) is 24.3 Å². The van der Waals surface area contributed by atoms with Crippen molar-refractivity contribution in [3.05, 3.63) is 69.8 Å². The summed E-state index contributed by atoms with van der Waals surface area (Å²) in [6.07, 6.45) is 0. The van der Waals surface area contributed by atoms with Crippen molar-refractivity contribution in [2.75, 3.05) is 7.11 Å². The first-order chi connectivity index (χ1) is 10.1. The fourth-order valence-electron chi connectivity index (χ4n) is 1.89. The third-order valence-electron chi connectivity index (χ3n) is 2.95. The molecule has 2 aromatic rings. The molecule has 0 aromatic heterocycles. The molecule has 108 valence electrons. The molecular weight excluding hydrogens is 272 g/mol. The molecule has 0 heterocycles. The van der Waals surface area contributed by atoms with Crippen LogP contribution in [0.1, 0.15) is 15.9 Å². The molecule has 2 aromatic carbocycles. The highest BCUT2D eigenvalue weighted by Crippen LogP contribution is 2.17. The van der Waals surface area contributed by atoms with Crippen LogP contribution in [0.3, 0.4) is 0 Å². The Morgan fingerprint density at radius 2 is 2.00 bits per heavy atom. The van der Waals surface area contributed by atoms with Crippen molar-refractivity contribution >= 4 is 11.6 Å². The Kier molecular flexibility index (Phi) is 4.50. The highest BCUT2D eigenvalue weighted by molar-refractivity contribution is 5.94. The van der Waals surface area contributed by atoms with Crippen LogP contribution in [0, 0.1) is 10.1 Å². The van der Waals surface area contributed by atoms with Crippen molar-refractivity contribution in [3.8, 4) is 5.75 Å². The molecule has 0 aliphatic heterocycles. The van der Waals surface area contributed by atoms with Crippen molar-refractivity contribution in [3.63, 3.8) is 0 Å². The molecule has 21 heavy (non-hydrogen) atoms. The van der Waals surface area contributed by atoms with Crippen LogP contribution in [-0.4, -0.2) is 17.9 Å². The Labute approximate surface area is 121 Å². The van der Waals surface area contributed by atoms with Crippen molar-refractivity contribution in [1.29, 1.82) is 0 Å². The second-order valence-electron chi connectivity index (χ2n) is 4.30. The predicted molar refractivity (Wildman–Crippen MR) is 77.3 cm³/mol. The molecule has 0 saturated carbocycles. The van der Waals surface area contributed by atoms with E-state index < -0.39 is 4.92 Å². The average molecular weight is 286 g/mol. The zero-order valence-electron chi connectivity index (χ0n) is 11.4. The Hall–Kier alpha value is -2.89. The molecule has 1 amide bonds. The quantitative estimate of drug-likeness (QED) is 0.676. The van der Waals surface area contributed by atoms with Crippen LogP contribution in [0.4, 0.5) is 5.69 Å². The summed E-state index contributed by atoms with van der Waals surface area (Å²) in [7, 11) is 1.56. The van der Waals surface area contributed by atoms with E-state index in [1.807, 2.05) is 18.2 Å². The van der Waals surface area contributed by atoms with E-state index in [1.165, 1.54) is 24.3 Å². The molecule has 6 nitrogen and oxygen atoms in total. The number of nitrogens with zero attached hydrogens (tertiary/aromatic N) is 1. The molecule has 0 saturated heterocycles. The van der Waals surface area contributed by atoms with E-state index in [-0.39, 0.29) is 23.7 Å². The first-order valence-electron chi connectivity index (χ1n) is 6.26. The third-order valence-corrected chi connectivity index (χ3v) is 2.95. The standard InChI is InChI=1S/C15H14N2O4/c1-21-14-8-3-2-5-12(14)10-16-15(18)11-6-4-7-13(9-11)17(19)20/h2-9H,10H2,1H3,(H,16,18). The molecule has 1 N–H and O–H groups in total. The van der Waals surface area contributed by atoms with E-state index in [0.717, 1.165) is 5.56 Å². The van der Waals surface area contributed by atoms with Crippen LogP contribution < -0.4 is 10.1 Å². The maximum Gasteiger partial charge on any atom is 0.270 e. The molecule has 6 heteroatoms. The molecule has 0 bridgehead atoms. The number of amides is 1. The van der Waals surface area contributed by atoms with E-state index in [1.54, 1.807) is 13.2 Å². The maximum atomic E-state index is 12.0. The second-order valence-corrected chi connectivity index (χ2v) is 4.30. The van der Waals surface area contributed by atoms with Gasteiger partial charge in [0.05, 0.1) is 12.0 Å². The van der Waals surface area contributed by atoms with Gasteiger partial charge in [-0.25, -0.2) is 0 Å². The lowest BCUT2D eigenvalue weighted by Gasteiger charge is -2.09. The van der Waals surface area contributed by atoms with Crippen molar-refractivity contribution in [2.45, 2.75) is 6.54 Å². The van der Waals surface area contributed by atoms with Crippen LogP contribution >= 0.6 is 0 Å². The minimum absolute atomic E-state index is 0.111. The van der Waals surface area contributed by atoms with Gasteiger partial charge in [-0.3, -0.25) is 14.9 Å².